The lowest BCUT2D eigenvalue weighted by Gasteiger charge is -2.34. The van der Waals surface area contributed by atoms with Gasteiger partial charge in [0.2, 0.25) is 0 Å². The third-order valence-electron chi connectivity index (χ3n) is 5.67. The van der Waals surface area contributed by atoms with Gasteiger partial charge >= 0.3 is 5.97 Å². The number of benzene rings is 2. The molecular weight excluding hydrogens is 452 g/mol. The molecule has 7 nitrogen and oxygen atoms in total. The smallest absolute Gasteiger partial charge is 0.338 e. The Morgan fingerprint density at radius 2 is 1.91 bits per heavy atom. The number of aliphatic imine (C=N–C) groups is 1. The van der Waals surface area contributed by atoms with Crippen molar-refractivity contribution in [2.45, 2.75) is 19.9 Å². The maximum absolute atomic E-state index is 13.0. The number of carbonyl (C=O) groups is 1. The van der Waals surface area contributed by atoms with Crippen molar-refractivity contribution in [3.8, 4) is 17.2 Å². The molecule has 0 radical (unpaired) electrons. The zero-order valence-corrected chi connectivity index (χ0v) is 20.8. The molecule has 1 atom stereocenters. The highest BCUT2D eigenvalue weighted by atomic mass is 32.2. The van der Waals surface area contributed by atoms with Gasteiger partial charge in [0, 0.05) is 4.91 Å². The second-order valence-corrected chi connectivity index (χ2v) is 8.84. The van der Waals surface area contributed by atoms with E-state index in [-0.39, 0.29) is 12.0 Å². The molecule has 0 spiro atoms. The zero-order valence-electron chi connectivity index (χ0n) is 20.0. The van der Waals surface area contributed by atoms with E-state index in [1.54, 1.807) is 33.1 Å². The van der Waals surface area contributed by atoms with Gasteiger partial charge in [-0.25, -0.2) is 9.79 Å². The van der Waals surface area contributed by atoms with Crippen LogP contribution >= 0.6 is 11.8 Å². The van der Waals surface area contributed by atoms with E-state index in [9.17, 15) is 4.79 Å². The van der Waals surface area contributed by atoms with E-state index in [0.717, 1.165) is 26.9 Å². The van der Waals surface area contributed by atoms with E-state index in [4.69, 9.17) is 23.9 Å². The van der Waals surface area contributed by atoms with E-state index in [1.807, 2.05) is 56.3 Å². The van der Waals surface area contributed by atoms with E-state index in [1.165, 1.54) is 0 Å². The number of allylic oxidation sites excluding steroid dienone is 1. The number of fused-ring (bicyclic) bond motifs is 1. The van der Waals surface area contributed by atoms with Gasteiger partial charge in [-0.1, -0.05) is 30.0 Å². The lowest BCUT2D eigenvalue weighted by molar-refractivity contribution is -0.139. The van der Waals surface area contributed by atoms with Gasteiger partial charge in [0.25, 0.3) is 0 Å². The van der Waals surface area contributed by atoms with Gasteiger partial charge < -0.3 is 23.8 Å². The molecule has 0 saturated carbocycles. The first-order valence-electron chi connectivity index (χ1n) is 11.0. The molecule has 0 aliphatic carbocycles. The highest BCUT2D eigenvalue weighted by Gasteiger charge is 2.40. The molecule has 178 valence electrons. The Balaban J connectivity index is 1.72. The van der Waals surface area contributed by atoms with Gasteiger partial charge in [0.1, 0.15) is 5.75 Å². The van der Waals surface area contributed by atoms with Gasteiger partial charge in [-0.05, 0) is 55.3 Å². The third kappa shape index (κ3) is 4.63. The second kappa shape index (κ2) is 10.3. The van der Waals surface area contributed by atoms with E-state index in [2.05, 4.69) is 11.0 Å². The number of hydrogen-bond donors (Lipinski definition) is 0. The Morgan fingerprint density at radius 3 is 2.62 bits per heavy atom. The van der Waals surface area contributed by atoms with Crippen LogP contribution in [0.2, 0.25) is 0 Å². The number of thioether (sulfide) groups is 1. The largest absolute Gasteiger partial charge is 0.497 e. The van der Waals surface area contributed by atoms with Gasteiger partial charge in [0.15, 0.2) is 16.7 Å². The highest BCUT2D eigenvalue weighted by molar-refractivity contribution is 8.17. The minimum absolute atomic E-state index is 0.302. The molecule has 1 unspecified atom stereocenters. The number of methoxy groups -OCH3 is 3. The van der Waals surface area contributed by atoms with E-state index < -0.39 is 0 Å². The molecule has 0 bridgehead atoms. The van der Waals surface area contributed by atoms with Crippen LogP contribution in [0.25, 0.3) is 6.08 Å². The van der Waals surface area contributed by atoms with Crippen molar-refractivity contribution in [3.05, 3.63) is 69.8 Å². The Morgan fingerprint density at radius 1 is 1.12 bits per heavy atom. The standard InChI is InChI=1S/C26H28N2O5S/c1-6-33-25(29)23-16(2)27-26-28(24(23)18-8-7-9-19(14-18)30-3)15-20(34-26)12-17-10-11-21(31-4)22(13-17)32-5/h7-14,24H,6,15H2,1-5H3/b20-12-. The number of rotatable bonds is 7. The summed E-state index contributed by atoms with van der Waals surface area (Å²) in [5.41, 5.74) is 3.15. The summed E-state index contributed by atoms with van der Waals surface area (Å²) in [7, 11) is 4.88. The molecule has 0 amide bonds. The molecule has 1 saturated heterocycles. The Hall–Kier alpha value is -3.39. The van der Waals surface area contributed by atoms with Crippen LogP contribution in [0.4, 0.5) is 0 Å². The zero-order chi connectivity index (χ0) is 24.2. The Labute approximate surface area is 204 Å². The molecule has 8 heteroatoms. The molecule has 2 heterocycles. The minimum Gasteiger partial charge on any atom is -0.497 e. The summed E-state index contributed by atoms with van der Waals surface area (Å²) in [6, 6.07) is 13.3. The fourth-order valence-electron chi connectivity index (χ4n) is 4.12. The van der Waals surface area contributed by atoms with Crippen molar-refractivity contribution in [1.29, 1.82) is 0 Å². The quantitative estimate of drug-likeness (QED) is 0.514. The number of carbonyl (C=O) groups excluding carboxylic acids is 1. The third-order valence-corrected chi connectivity index (χ3v) is 6.69. The first-order chi connectivity index (χ1) is 16.5. The predicted octanol–water partition coefficient (Wildman–Crippen LogP) is 5.05. The van der Waals surface area contributed by atoms with Crippen LogP contribution in [0.1, 0.15) is 31.0 Å². The number of esters is 1. The van der Waals surface area contributed by atoms with Crippen molar-refractivity contribution in [2.24, 2.45) is 4.99 Å². The number of nitrogens with zero attached hydrogens (tertiary/aromatic N) is 2. The SMILES string of the molecule is CCOC(=O)C1=C(C)N=C2S/C(=C\c3ccc(OC)c(OC)c3)CN2C1c1cccc(OC)c1. The maximum atomic E-state index is 13.0. The lowest BCUT2D eigenvalue weighted by atomic mass is 9.94. The maximum Gasteiger partial charge on any atom is 0.338 e. The van der Waals surface area contributed by atoms with Crippen LogP contribution in [0.3, 0.4) is 0 Å². The molecule has 2 aliphatic heterocycles. The van der Waals surface area contributed by atoms with Crippen molar-refractivity contribution in [3.63, 3.8) is 0 Å². The monoisotopic (exact) mass is 480 g/mol. The number of ether oxygens (including phenoxy) is 4. The second-order valence-electron chi connectivity index (χ2n) is 7.75. The fourth-order valence-corrected chi connectivity index (χ4v) is 5.22. The summed E-state index contributed by atoms with van der Waals surface area (Å²) in [5.74, 6) is 1.74. The average Bonchev–Trinajstić information content (AvgIpc) is 3.24. The van der Waals surface area contributed by atoms with Gasteiger partial charge in [-0.3, -0.25) is 0 Å². The highest BCUT2D eigenvalue weighted by Crippen LogP contribution is 2.45. The first kappa shape index (κ1) is 23.8. The molecule has 1 fully saturated rings. The van der Waals surface area contributed by atoms with Gasteiger partial charge in [-0.15, -0.1) is 0 Å². The van der Waals surface area contributed by atoms with Gasteiger partial charge in [-0.2, -0.15) is 0 Å². The van der Waals surface area contributed by atoms with Crippen molar-refractivity contribution < 1.29 is 23.7 Å². The Bertz CT molecular complexity index is 1190. The molecule has 34 heavy (non-hydrogen) atoms. The number of amidine groups is 1. The summed E-state index contributed by atoms with van der Waals surface area (Å²) >= 11 is 1.60. The van der Waals surface area contributed by atoms with Crippen molar-refractivity contribution in [2.75, 3.05) is 34.5 Å². The van der Waals surface area contributed by atoms with E-state index in [0.29, 0.717) is 35.9 Å². The van der Waals surface area contributed by atoms with Crippen LogP contribution < -0.4 is 14.2 Å². The molecule has 0 N–H and O–H groups in total. The van der Waals surface area contributed by atoms with Crippen LogP contribution in [0.15, 0.2) is 63.6 Å². The molecule has 0 aromatic heterocycles. The average molecular weight is 481 g/mol. The van der Waals surface area contributed by atoms with E-state index >= 15 is 0 Å². The van der Waals surface area contributed by atoms with Crippen LogP contribution in [0.5, 0.6) is 17.2 Å². The molecule has 2 aromatic carbocycles. The topological polar surface area (TPSA) is 69.6 Å². The lowest BCUT2D eigenvalue weighted by Crippen LogP contribution is -2.36. The minimum atomic E-state index is -0.349. The summed E-state index contributed by atoms with van der Waals surface area (Å²) in [4.78, 5) is 21.0. The van der Waals surface area contributed by atoms with Crippen LogP contribution in [-0.4, -0.2) is 50.5 Å². The summed E-state index contributed by atoms with van der Waals surface area (Å²) in [6.07, 6.45) is 2.11. The first-order valence-corrected chi connectivity index (χ1v) is 11.8. The predicted molar refractivity (Wildman–Crippen MR) is 134 cm³/mol. The summed E-state index contributed by atoms with van der Waals surface area (Å²) in [5, 5.41) is 0.852. The normalized spacial score (nSPS) is 18.5. The van der Waals surface area contributed by atoms with Crippen molar-refractivity contribution >= 4 is 29.0 Å². The summed E-state index contributed by atoms with van der Waals surface area (Å²) in [6.45, 7) is 4.58. The van der Waals surface area contributed by atoms with Crippen LogP contribution in [0, 0.1) is 0 Å². The fraction of sp³-hybridized carbons (Fsp3) is 0.308. The molecular formula is C26H28N2O5S. The van der Waals surface area contributed by atoms with Crippen LogP contribution in [-0.2, 0) is 9.53 Å². The number of hydrogen-bond acceptors (Lipinski definition) is 8. The molecule has 2 aliphatic rings. The van der Waals surface area contributed by atoms with Gasteiger partial charge in [0.05, 0.1) is 51.8 Å². The molecule has 2 aromatic rings. The Kier molecular flexibility index (Phi) is 7.17. The molecule has 4 rings (SSSR count). The van der Waals surface area contributed by atoms with Crippen molar-refractivity contribution in [1.82, 2.24) is 4.90 Å². The summed E-state index contributed by atoms with van der Waals surface area (Å²) < 4.78 is 21.6.